The van der Waals surface area contributed by atoms with Crippen LogP contribution in [-0.2, 0) is 0 Å². The second-order valence-electron chi connectivity index (χ2n) is 4.03. The van der Waals surface area contributed by atoms with Gasteiger partial charge in [-0.3, -0.25) is 0 Å². The fourth-order valence-corrected chi connectivity index (χ4v) is 1.24. The summed E-state index contributed by atoms with van der Waals surface area (Å²) >= 11 is 0. The van der Waals surface area contributed by atoms with Crippen molar-refractivity contribution in [3.8, 4) is 5.75 Å². The van der Waals surface area contributed by atoms with Gasteiger partial charge in [0.15, 0.2) is 0 Å². The first-order valence-electron chi connectivity index (χ1n) is 5.08. The Labute approximate surface area is 86.1 Å². The number of hydrogen-bond acceptors (Lipinski definition) is 2. The van der Waals surface area contributed by atoms with E-state index in [0.717, 1.165) is 17.9 Å². The lowest BCUT2D eigenvalue weighted by Gasteiger charge is -2.14. The molecule has 14 heavy (non-hydrogen) atoms. The number of ether oxygens (including phenoxy) is 1. The molecule has 2 heteroatoms. The van der Waals surface area contributed by atoms with E-state index >= 15 is 0 Å². The van der Waals surface area contributed by atoms with E-state index in [1.165, 1.54) is 0 Å². The highest BCUT2D eigenvalue weighted by atomic mass is 16.5. The average molecular weight is 193 g/mol. The Morgan fingerprint density at radius 3 is 2.43 bits per heavy atom. The smallest absolute Gasteiger partial charge is 0.124 e. The van der Waals surface area contributed by atoms with Crippen LogP contribution in [0.4, 0.5) is 0 Å². The van der Waals surface area contributed by atoms with Crippen LogP contribution in [0, 0.1) is 5.92 Å². The third-order valence-electron chi connectivity index (χ3n) is 1.98. The molecule has 1 aromatic rings. The minimum Gasteiger partial charge on any atom is -0.493 e. The Morgan fingerprint density at radius 1 is 1.21 bits per heavy atom. The van der Waals surface area contributed by atoms with Crippen molar-refractivity contribution in [1.82, 2.24) is 0 Å². The number of para-hydroxylation sites is 1. The minimum atomic E-state index is 0.0263. The minimum absolute atomic E-state index is 0.0263. The highest BCUT2D eigenvalue weighted by Gasteiger charge is 2.07. The molecule has 1 rings (SSSR count). The molecule has 0 heterocycles. The lowest BCUT2D eigenvalue weighted by molar-refractivity contribution is 0.267. The predicted molar refractivity (Wildman–Crippen MR) is 59.4 cm³/mol. The van der Waals surface area contributed by atoms with Gasteiger partial charge in [0, 0.05) is 11.6 Å². The zero-order valence-electron chi connectivity index (χ0n) is 9.16. The van der Waals surface area contributed by atoms with Crippen LogP contribution in [0.15, 0.2) is 24.3 Å². The first-order chi connectivity index (χ1) is 6.61. The Morgan fingerprint density at radius 2 is 1.86 bits per heavy atom. The maximum absolute atomic E-state index is 5.84. The fourth-order valence-electron chi connectivity index (χ4n) is 1.24. The van der Waals surface area contributed by atoms with Crippen LogP contribution < -0.4 is 10.5 Å². The van der Waals surface area contributed by atoms with Gasteiger partial charge >= 0.3 is 0 Å². The van der Waals surface area contributed by atoms with E-state index < -0.39 is 0 Å². The fraction of sp³-hybridized carbons (Fsp3) is 0.500. The van der Waals surface area contributed by atoms with E-state index in [0.29, 0.717) is 5.92 Å². The largest absolute Gasteiger partial charge is 0.493 e. The zero-order valence-corrected chi connectivity index (χ0v) is 9.16. The Bertz CT molecular complexity index is 281. The predicted octanol–water partition coefficient (Wildman–Crippen LogP) is 2.74. The van der Waals surface area contributed by atoms with Crippen molar-refractivity contribution >= 4 is 0 Å². The van der Waals surface area contributed by atoms with Crippen molar-refractivity contribution in [1.29, 1.82) is 0 Å². The van der Waals surface area contributed by atoms with E-state index in [9.17, 15) is 0 Å². The molecule has 0 fully saturated rings. The molecule has 1 atom stereocenters. The summed E-state index contributed by atoms with van der Waals surface area (Å²) in [6, 6.07) is 7.97. The molecule has 0 saturated carbocycles. The van der Waals surface area contributed by atoms with Crippen LogP contribution >= 0.6 is 0 Å². The lowest BCUT2D eigenvalue weighted by atomic mass is 10.1. The molecule has 0 aliphatic rings. The van der Waals surface area contributed by atoms with Crippen molar-refractivity contribution in [2.24, 2.45) is 11.7 Å². The van der Waals surface area contributed by atoms with Gasteiger partial charge in [-0.05, 0) is 18.9 Å². The summed E-state index contributed by atoms with van der Waals surface area (Å²) in [6.07, 6.45) is 0. The molecule has 0 saturated heterocycles. The van der Waals surface area contributed by atoms with Gasteiger partial charge in [0.1, 0.15) is 5.75 Å². The van der Waals surface area contributed by atoms with Crippen LogP contribution in [0.2, 0.25) is 0 Å². The van der Waals surface area contributed by atoms with Crippen LogP contribution in [0.5, 0.6) is 5.75 Å². The Hall–Kier alpha value is -1.02. The Balaban J connectivity index is 2.74. The molecule has 0 unspecified atom stereocenters. The maximum atomic E-state index is 5.84. The van der Waals surface area contributed by atoms with E-state index in [4.69, 9.17) is 10.5 Å². The molecule has 0 aliphatic carbocycles. The van der Waals surface area contributed by atoms with E-state index in [1.54, 1.807) is 0 Å². The van der Waals surface area contributed by atoms with E-state index in [-0.39, 0.29) is 6.04 Å². The van der Waals surface area contributed by atoms with Gasteiger partial charge in [-0.25, -0.2) is 0 Å². The standard InChI is InChI=1S/C12H19NO/c1-9(2)8-14-12-7-5-4-6-11(12)10(3)13/h4-7,9-10H,8,13H2,1-3H3/t10-/m0/s1. The van der Waals surface area contributed by atoms with Crippen molar-refractivity contribution in [2.75, 3.05) is 6.61 Å². The molecule has 2 N–H and O–H groups in total. The third kappa shape index (κ3) is 3.04. The van der Waals surface area contributed by atoms with Gasteiger partial charge in [0.25, 0.3) is 0 Å². The van der Waals surface area contributed by atoms with E-state index in [1.807, 2.05) is 31.2 Å². The summed E-state index contributed by atoms with van der Waals surface area (Å²) in [7, 11) is 0. The molecular formula is C12H19NO. The number of hydrogen-bond donors (Lipinski definition) is 1. The first kappa shape index (κ1) is 11.1. The number of rotatable bonds is 4. The highest BCUT2D eigenvalue weighted by Crippen LogP contribution is 2.23. The number of nitrogens with two attached hydrogens (primary N) is 1. The molecule has 0 aromatic heterocycles. The summed E-state index contributed by atoms with van der Waals surface area (Å²) < 4.78 is 5.68. The highest BCUT2D eigenvalue weighted by molar-refractivity contribution is 5.35. The monoisotopic (exact) mass is 193 g/mol. The topological polar surface area (TPSA) is 35.2 Å². The maximum Gasteiger partial charge on any atom is 0.124 e. The van der Waals surface area contributed by atoms with Gasteiger partial charge in [-0.15, -0.1) is 0 Å². The molecule has 2 nitrogen and oxygen atoms in total. The van der Waals surface area contributed by atoms with Crippen molar-refractivity contribution in [3.05, 3.63) is 29.8 Å². The van der Waals surface area contributed by atoms with Crippen molar-refractivity contribution < 1.29 is 4.74 Å². The second-order valence-corrected chi connectivity index (χ2v) is 4.03. The summed E-state index contributed by atoms with van der Waals surface area (Å²) in [5.74, 6) is 1.45. The first-order valence-corrected chi connectivity index (χ1v) is 5.08. The van der Waals surface area contributed by atoms with Gasteiger partial charge in [-0.1, -0.05) is 32.0 Å². The third-order valence-corrected chi connectivity index (χ3v) is 1.98. The molecule has 78 valence electrons. The molecule has 0 bridgehead atoms. The zero-order chi connectivity index (χ0) is 10.6. The van der Waals surface area contributed by atoms with Crippen LogP contribution in [0.3, 0.4) is 0 Å². The molecule has 0 spiro atoms. The summed E-state index contributed by atoms with van der Waals surface area (Å²) in [4.78, 5) is 0. The Kier molecular flexibility index (Phi) is 3.96. The molecule has 0 aliphatic heterocycles. The van der Waals surface area contributed by atoms with Gasteiger partial charge < -0.3 is 10.5 Å². The van der Waals surface area contributed by atoms with Crippen molar-refractivity contribution in [2.45, 2.75) is 26.8 Å². The molecule has 0 amide bonds. The van der Waals surface area contributed by atoms with Crippen LogP contribution in [-0.4, -0.2) is 6.61 Å². The SMILES string of the molecule is CC(C)COc1ccccc1[C@H](C)N. The average Bonchev–Trinajstić information content (AvgIpc) is 2.15. The van der Waals surface area contributed by atoms with Crippen LogP contribution in [0.25, 0.3) is 0 Å². The quantitative estimate of drug-likeness (QED) is 0.798. The van der Waals surface area contributed by atoms with Gasteiger partial charge in [-0.2, -0.15) is 0 Å². The lowest BCUT2D eigenvalue weighted by Crippen LogP contribution is -2.10. The van der Waals surface area contributed by atoms with E-state index in [2.05, 4.69) is 13.8 Å². The molecule has 0 radical (unpaired) electrons. The van der Waals surface area contributed by atoms with Crippen molar-refractivity contribution in [3.63, 3.8) is 0 Å². The van der Waals surface area contributed by atoms with Gasteiger partial charge in [0.2, 0.25) is 0 Å². The van der Waals surface area contributed by atoms with Crippen LogP contribution in [0.1, 0.15) is 32.4 Å². The summed E-state index contributed by atoms with van der Waals surface area (Å²) in [5, 5.41) is 0. The summed E-state index contributed by atoms with van der Waals surface area (Å²) in [6.45, 7) is 6.98. The summed E-state index contributed by atoms with van der Waals surface area (Å²) in [5.41, 5.74) is 6.92. The molecular weight excluding hydrogens is 174 g/mol. The normalized spacial score (nSPS) is 12.9. The second kappa shape index (κ2) is 5.01. The molecule has 1 aromatic carbocycles. The van der Waals surface area contributed by atoms with Gasteiger partial charge in [0.05, 0.1) is 6.61 Å². The number of benzene rings is 1.